The van der Waals surface area contributed by atoms with E-state index in [-0.39, 0.29) is 35.1 Å². The number of nitrogens with one attached hydrogen (secondary N) is 2. The van der Waals surface area contributed by atoms with Crippen molar-refractivity contribution in [2.75, 3.05) is 25.1 Å². The van der Waals surface area contributed by atoms with Crippen LogP contribution in [0.25, 0.3) is 0 Å². The van der Waals surface area contributed by atoms with Crippen molar-refractivity contribution in [2.24, 2.45) is 10.4 Å². The van der Waals surface area contributed by atoms with E-state index in [9.17, 15) is 8.42 Å². The van der Waals surface area contributed by atoms with Gasteiger partial charge >= 0.3 is 0 Å². The standard InChI is InChI=1S/C16H30N4O2S2.HI/c1-7-17-15(18-10-14-12(2)20-13(3)23-14)19-11-16(4,5)8-9-24(6,21)22;/h7-11H2,1-6H3,(H2,17,18,19);1H. The molecule has 0 aromatic carbocycles. The Hall–Kier alpha value is -0.420. The summed E-state index contributed by atoms with van der Waals surface area (Å²) in [6, 6.07) is 0. The highest BCUT2D eigenvalue weighted by molar-refractivity contribution is 14.0. The van der Waals surface area contributed by atoms with Gasteiger partial charge in [-0.1, -0.05) is 13.8 Å². The number of guanidine groups is 1. The summed E-state index contributed by atoms with van der Waals surface area (Å²) in [5, 5.41) is 7.60. The highest BCUT2D eigenvalue weighted by Gasteiger charge is 2.20. The Kier molecular flexibility index (Phi) is 10.5. The minimum absolute atomic E-state index is 0. The van der Waals surface area contributed by atoms with E-state index in [0.29, 0.717) is 19.5 Å². The Morgan fingerprint density at radius 1 is 1.28 bits per heavy atom. The number of sulfone groups is 1. The van der Waals surface area contributed by atoms with Gasteiger partial charge in [-0.3, -0.25) is 0 Å². The largest absolute Gasteiger partial charge is 0.357 e. The molecule has 146 valence electrons. The van der Waals surface area contributed by atoms with E-state index in [4.69, 9.17) is 0 Å². The summed E-state index contributed by atoms with van der Waals surface area (Å²) >= 11 is 1.67. The summed E-state index contributed by atoms with van der Waals surface area (Å²) in [7, 11) is -2.93. The molecule has 0 saturated heterocycles. The first-order valence-corrected chi connectivity index (χ1v) is 11.0. The highest BCUT2D eigenvalue weighted by atomic mass is 127. The second-order valence-corrected chi connectivity index (χ2v) is 10.4. The molecule has 0 aliphatic heterocycles. The summed E-state index contributed by atoms with van der Waals surface area (Å²) in [4.78, 5) is 10.2. The van der Waals surface area contributed by atoms with E-state index in [1.54, 1.807) is 11.3 Å². The van der Waals surface area contributed by atoms with Gasteiger partial charge in [0, 0.05) is 24.2 Å². The van der Waals surface area contributed by atoms with Crippen LogP contribution in [-0.2, 0) is 16.4 Å². The van der Waals surface area contributed by atoms with Crippen LogP contribution in [0.2, 0.25) is 0 Å². The van der Waals surface area contributed by atoms with Crippen LogP contribution in [0.15, 0.2) is 4.99 Å². The van der Waals surface area contributed by atoms with Crippen molar-refractivity contribution >= 4 is 51.1 Å². The average Bonchev–Trinajstić information content (AvgIpc) is 2.77. The molecule has 0 bridgehead atoms. The molecule has 9 heteroatoms. The third-order valence-electron chi connectivity index (χ3n) is 3.61. The monoisotopic (exact) mass is 502 g/mol. The molecule has 25 heavy (non-hydrogen) atoms. The fourth-order valence-electron chi connectivity index (χ4n) is 2.09. The summed E-state index contributed by atoms with van der Waals surface area (Å²) in [6.45, 7) is 12.2. The molecule has 0 amide bonds. The summed E-state index contributed by atoms with van der Waals surface area (Å²) in [5.41, 5.74) is 0.904. The zero-order valence-corrected chi connectivity index (χ0v) is 19.9. The molecule has 2 N–H and O–H groups in total. The highest BCUT2D eigenvalue weighted by Crippen LogP contribution is 2.20. The maximum Gasteiger partial charge on any atom is 0.191 e. The van der Waals surface area contributed by atoms with Gasteiger partial charge in [-0.05, 0) is 32.6 Å². The maximum absolute atomic E-state index is 11.4. The van der Waals surface area contributed by atoms with Crippen molar-refractivity contribution in [2.45, 2.75) is 47.6 Å². The Balaban J connectivity index is 0.00000576. The first-order chi connectivity index (χ1) is 11.0. The van der Waals surface area contributed by atoms with Crippen molar-refractivity contribution in [1.82, 2.24) is 15.6 Å². The Labute approximate surface area is 173 Å². The number of nitrogens with zero attached hydrogens (tertiary/aromatic N) is 2. The summed E-state index contributed by atoms with van der Waals surface area (Å²) in [5.74, 6) is 0.949. The molecule has 1 aromatic heterocycles. The van der Waals surface area contributed by atoms with Gasteiger partial charge in [0.15, 0.2) is 5.96 Å². The molecule has 0 aliphatic carbocycles. The lowest BCUT2D eigenvalue weighted by Crippen LogP contribution is -2.42. The lowest BCUT2D eigenvalue weighted by molar-refractivity contribution is 0.348. The number of hydrogen-bond acceptors (Lipinski definition) is 5. The molecule has 0 fully saturated rings. The van der Waals surface area contributed by atoms with Crippen LogP contribution in [0.1, 0.15) is 42.8 Å². The van der Waals surface area contributed by atoms with Crippen LogP contribution >= 0.6 is 35.3 Å². The number of aryl methyl sites for hydroxylation is 2. The fourth-order valence-corrected chi connectivity index (χ4v) is 3.87. The van der Waals surface area contributed by atoms with Crippen LogP contribution < -0.4 is 10.6 Å². The molecule has 0 radical (unpaired) electrons. The zero-order valence-electron chi connectivity index (χ0n) is 16.0. The van der Waals surface area contributed by atoms with Crippen molar-refractivity contribution < 1.29 is 8.42 Å². The van der Waals surface area contributed by atoms with E-state index < -0.39 is 9.84 Å². The van der Waals surface area contributed by atoms with E-state index in [1.165, 1.54) is 11.1 Å². The zero-order chi connectivity index (χ0) is 18.4. The van der Waals surface area contributed by atoms with Crippen molar-refractivity contribution in [1.29, 1.82) is 0 Å². The lowest BCUT2D eigenvalue weighted by Gasteiger charge is -2.25. The number of hydrogen-bond donors (Lipinski definition) is 2. The third kappa shape index (κ3) is 10.3. The Morgan fingerprint density at radius 2 is 1.92 bits per heavy atom. The SMILES string of the molecule is CCNC(=NCc1sc(C)nc1C)NCC(C)(C)CCS(C)(=O)=O.I. The van der Waals surface area contributed by atoms with Crippen LogP contribution in [0.4, 0.5) is 0 Å². The number of halogens is 1. The van der Waals surface area contributed by atoms with E-state index in [0.717, 1.165) is 23.2 Å². The normalized spacial score (nSPS) is 12.6. The topological polar surface area (TPSA) is 83.4 Å². The number of aromatic nitrogens is 1. The minimum atomic E-state index is -2.93. The van der Waals surface area contributed by atoms with Gasteiger partial charge in [0.25, 0.3) is 0 Å². The summed E-state index contributed by atoms with van der Waals surface area (Å²) in [6.07, 6.45) is 1.90. The quantitative estimate of drug-likeness (QED) is 0.325. The Bertz CT molecular complexity index is 670. The van der Waals surface area contributed by atoms with E-state index >= 15 is 0 Å². The van der Waals surface area contributed by atoms with Gasteiger partial charge in [-0.2, -0.15) is 0 Å². The number of rotatable bonds is 8. The van der Waals surface area contributed by atoms with Crippen LogP contribution in [0.5, 0.6) is 0 Å². The second-order valence-electron chi connectivity index (χ2n) is 6.83. The van der Waals surface area contributed by atoms with Crippen LogP contribution in [0, 0.1) is 19.3 Å². The minimum Gasteiger partial charge on any atom is -0.357 e. The lowest BCUT2D eigenvalue weighted by atomic mass is 9.90. The molecular weight excluding hydrogens is 471 g/mol. The molecule has 0 unspecified atom stereocenters. The molecule has 0 aliphatic rings. The predicted molar refractivity (Wildman–Crippen MR) is 118 cm³/mol. The van der Waals surface area contributed by atoms with Crippen LogP contribution in [-0.4, -0.2) is 44.5 Å². The fraction of sp³-hybridized carbons (Fsp3) is 0.750. The van der Waals surface area contributed by atoms with Gasteiger partial charge in [0.2, 0.25) is 0 Å². The van der Waals surface area contributed by atoms with Crippen LogP contribution in [0.3, 0.4) is 0 Å². The Morgan fingerprint density at radius 3 is 2.40 bits per heavy atom. The van der Waals surface area contributed by atoms with Gasteiger partial charge in [0.05, 0.1) is 23.0 Å². The van der Waals surface area contributed by atoms with Gasteiger partial charge < -0.3 is 10.6 Å². The average molecular weight is 502 g/mol. The van der Waals surface area contributed by atoms with E-state index in [1.807, 2.05) is 20.8 Å². The number of aliphatic imine (C=N–C) groups is 1. The van der Waals surface area contributed by atoms with Crippen molar-refractivity contribution in [3.05, 3.63) is 15.6 Å². The third-order valence-corrected chi connectivity index (χ3v) is 5.61. The summed E-state index contributed by atoms with van der Waals surface area (Å²) < 4.78 is 22.7. The first kappa shape index (κ1) is 24.6. The molecule has 1 aromatic rings. The molecule has 6 nitrogen and oxygen atoms in total. The van der Waals surface area contributed by atoms with E-state index in [2.05, 4.69) is 34.5 Å². The smallest absolute Gasteiger partial charge is 0.191 e. The number of thiazole rings is 1. The van der Waals surface area contributed by atoms with Gasteiger partial charge in [-0.15, -0.1) is 35.3 Å². The van der Waals surface area contributed by atoms with Crippen molar-refractivity contribution in [3.63, 3.8) is 0 Å². The van der Waals surface area contributed by atoms with Gasteiger partial charge in [0.1, 0.15) is 9.84 Å². The first-order valence-electron chi connectivity index (χ1n) is 8.15. The molecule has 1 rings (SSSR count). The van der Waals surface area contributed by atoms with Gasteiger partial charge in [-0.25, -0.2) is 18.4 Å². The molecule has 1 heterocycles. The molecule has 0 saturated carbocycles. The molecular formula is C16H31IN4O2S2. The predicted octanol–water partition coefficient (Wildman–Crippen LogP) is 2.89. The second kappa shape index (κ2) is 10.7. The maximum atomic E-state index is 11.4. The van der Waals surface area contributed by atoms with Crippen molar-refractivity contribution in [3.8, 4) is 0 Å². The molecule has 0 spiro atoms. The molecule has 0 atom stereocenters.